The highest BCUT2D eigenvalue weighted by Crippen LogP contribution is 2.39. The van der Waals surface area contributed by atoms with E-state index in [1.165, 1.54) is 35.0 Å². The molecule has 6 rings (SSSR count). The molecule has 1 atom stereocenters. The molecule has 4 bridgehead atoms. The number of carboxylic acids is 1. The maximum absolute atomic E-state index is 15.4. The molecule has 0 radical (unpaired) electrons. The van der Waals surface area contributed by atoms with Gasteiger partial charge in [0.2, 0.25) is 5.91 Å². The number of carboxylic acid groups (broad SMARTS) is 1. The van der Waals surface area contributed by atoms with Crippen molar-refractivity contribution in [2.75, 3.05) is 0 Å². The van der Waals surface area contributed by atoms with E-state index in [4.69, 9.17) is 14.6 Å². The molecule has 43 heavy (non-hydrogen) atoms. The van der Waals surface area contributed by atoms with Gasteiger partial charge >= 0.3 is 0 Å². The molecule has 1 aliphatic rings. The number of aromatic nitrogens is 1. The van der Waals surface area contributed by atoms with Gasteiger partial charge in [-0.25, -0.2) is 8.78 Å². The highest BCUT2D eigenvalue weighted by molar-refractivity contribution is 5.86. The van der Waals surface area contributed by atoms with Gasteiger partial charge in [0, 0.05) is 42.4 Å². The summed E-state index contributed by atoms with van der Waals surface area (Å²) in [5.74, 6) is -1.81. The van der Waals surface area contributed by atoms with Gasteiger partial charge in [-0.3, -0.25) is 19.0 Å². The molecule has 218 valence electrons. The fourth-order valence-electron chi connectivity index (χ4n) is 5.21. The van der Waals surface area contributed by atoms with E-state index in [1.807, 2.05) is 37.3 Å². The summed E-state index contributed by atoms with van der Waals surface area (Å²) in [6.07, 6.45) is 1.54. The maximum atomic E-state index is 15.4. The van der Waals surface area contributed by atoms with Crippen molar-refractivity contribution in [2.24, 2.45) is 0 Å². The zero-order valence-corrected chi connectivity index (χ0v) is 23.7. The monoisotopic (exact) mass is 582 g/mol. The summed E-state index contributed by atoms with van der Waals surface area (Å²) in [6.45, 7) is 4.52. The number of rotatable bonds is 1. The highest BCUT2D eigenvalue weighted by Gasteiger charge is 2.28. The summed E-state index contributed by atoms with van der Waals surface area (Å²) in [4.78, 5) is 36.0. The minimum absolute atomic E-state index is 0.0424. The van der Waals surface area contributed by atoms with E-state index in [-0.39, 0.29) is 17.7 Å². The number of amides is 1. The summed E-state index contributed by atoms with van der Waals surface area (Å²) in [5.41, 5.74) is 2.56. The van der Waals surface area contributed by atoms with Gasteiger partial charge < -0.3 is 15.2 Å². The Labute approximate surface area is 246 Å². The minimum Gasteiger partial charge on any atom is -0.481 e. The molecule has 7 nitrogen and oxygen atoms in total. The summed E-state index contributed by atoms with van der Waals surface area (Å²) >= 11 is 0. The molecular weight excluding hydrogens is 554 g/mol. The zero-order valence-electron chi connectivity index (χ0n) is 23.7. The SMILES string of the molecule is CC(=O)O.Cc1cc2cc(c1F)CNC(=O)C(n1cc3ccccc3cc1=O)c1cc(ccc1F)Oc1cccc(C)c1-2. The smallest absolute Gasteiger partial charge is 0.300 e. The van der Waals surface area contributed by atoms with Crippen LogP contribution >= 0.6 is 0 Å². The number of fused-ring (bicyclic) bond motifs is 7. The largest absolute Gasteiger partial charge is 0.481 e. The van der Waals surface area contributed by atoms with Gasteiger partial charge in [0.15, 0.2) is 0 Å². The lowest BCUT2D eigenvalue weighted by atomic mass is 9.95. The third kappa shape index (κ3) is 6.01. The second-order valence-corrected chi connectivity index (χ2v) is 10.3. The average Bonchev–Trinajstić information content (AvgIpc) is 2.95. The molecule has 0 aliphatic carbocycles. The second kappa shape index (κ2) is 11.9. The number of ether oxygens (including phenoxy) is 1. The van der Waals surface area contributed by atoms with Gasteiger partial charge in [-0.2, -0.15) is 0 Å². The predicted molar refractivity (Wildman–Crippen MR) is 159 cm³/mol. The quantitative estimate of drug-likeness (QED) is 0.230. The van der Waals surface area contributed by atoms with Gasteiger partial charge in [-0.05, 0) is 77.7 Å². The van der Waals surface area contributed by atoms with Crippen molar-refractivity contribution in [2.45, 2.75) is 33.4 Å². The number of hydrogen-bond acceptors (Lipinski definition) is 4. The Kier molecular flexibility index (Phi) is 8.07. The van der Waals surface area contributed by atoms with Gasteiger partial charge in [0.05, 0.1) is 0 Å². The van der Waals surface area contributed by atoms with Crippen LogP contribution in [-0.4, -0.2) is 21.6 Å². The Morgan fingerprint density at radius 3 is 2.40 bits per heavy atom. The van der Waals surface area contributed by atoms with Crippen LogP contribution in [0.25, 0.3) is 21.9 Å². The maximum Gasteiger partial charge on any atom is 0.300 e. The first-order chi connectivity index (χ1) is 20.5. The number of benzene rings is 4. The van der Waals surface area contributed by atoms with E-state index in [9.17, 15) is 9.59 Å². The number of carbonyl (C=O) groups excluding carboxylic acids is 1. The molecule has 2 N–H and O–H groups in total. The van der Waals surface area contributed by atoms with E-state index < -0.39 is 35.1 Å². The number of nitrogens with zero attached hydrogens (tertiary/aromatic N) is 1. The number of nitrogens with one attached hydrogen (secondary N) is 1. The number of halogens is 2. The Bertz CT molecular complexity index is 1950. The molecule has 0 saturated carbocycles. The number of hydrogen-bond donors (Lipinski definition) is 2. The molecule has 5 aromatic rings. The van der Waals surface area contributed by atoms with Crippen molar-refractivity contribution in [1.29, 1.82) is 0 Å². The van der Waals surface area contributed by atoms with Gasteiger partial charge in [-0.1, -0.05) is 36.4 Å². The van der Waals surface area contributed by atoms with Crippen molar-refractivity contribution in [3.8, 4) is 22.6 Å². The normalized spacial score (nSPS) is 14.1. The van der Waals surface area contributed by atoms with Crippen molar-refractivity contribution >= 4 is 22.6 Å². The van der Waals surface area contributed by atoms with Crippen molar-refractivity contribution in [1.82, 2.24) is 9.88 Å². The molecule has 0 spiro atoms. The fraction of sp³-hybridized carbons (Fsp3) is 0.147. The van der Waals surface area contributed by atoms with Crippen molar-refractivity contribution in [3.05, 3.63) is 129 Å². The van der Waals surface area contributed by atoms with Crippen LogP contribution in [0.4, 0.5) is 8.78 Å². The summed E-state index contributed by atoms with van der Waals surface area (Å²) in [7, 11) is 0. The molecule has 0 fully saturated rings. The summed E-state index contributed by atoms with van der Waals surface area (Å²) < 4.78 is 38.1. The van der Waals surface area contributed by atoms with Gasteiger partial charge in [0.25, 0.3) is 11.5 Å². The predicted octanol–water partition coefficient (Wildman–Crippen LogP) is 6.67. The molecule has 0 saturated heterocycles. The number of pyridine rings is 1. The van der Waals surface area contributed by atoms with Crippen molar-refractivity contribution in [3.63, 3.8) is 0 Å². The average molecular weight is 583 g/mol. The molecule has 2 heterocycles. The van der Waals surface area contributed by atoms with Crippen LogP contribution in [0.15, 0.2) is 89.9 Å². The fourth-order valence-corrected chi connectivity index (χ4v) is 5.21. The van der Waals surface area contributed by atoms with Gasteiger partial charge in [-0.15, -0.1) is 0 Å². The molecule has 1 unspecified atom stereocenters. The van der Waals surface area contributed by atoms with E-state index in [0.29, 0.717) is 27.8 Å². The van der Waals surface area contributed by atoms with Crippen LogP contribution in [0.3, 0.4) is 0 Å². The van der Waals surface area contributed by atoms with E-state index in [0.717, 1.165) is 23.6 Å². The Hall–Kier alpha value is -5.31. The Morgan fingerprint density at radius 2 is 1.65 bits per heavy atom. The summed E-state index contributed by atoms with van der Waals surface area (Å²) in [5, 5.41) is 11.6. The van der Waals surface area contributed by atoms with Crippen LogP contribution in [0, 0.1) is 25.5 Å². The standard InChI is InChI=1S/C32H24F2N2O3.C2H4O2/c1-18-6-5-9-27-29(18)22-12-19(2)30(34)23(13-22)16-35-32(38)31(25-15-24(39-27)10-11-26(25)33)36-17-21-8-4-3-7-20(21)14-28(36)37;1-2(3)4/h3-15,17,31H,16H2,1-2H3,(H,35,38);1H3,(H,3,4). The molecule has 4 aromatic carbocycles. The minimum atomic E-state index is -1.37. The van der Waals surface area contributed by atoms with Crippen LogP contribution in [0.5, 0.6) is 11.5 Å². The van der Waals surface area contributed by atoms with Crippen LogP contribution < -0.4 is 15.6 Å². The third-order valence-corrected chi connectivity index (χ3v) is 7.13. The molecule has 1 amide bonds. The van der Waals surface area contributed by atoms with Crippen LogP contribution in [-0.2, 0) is 16.1 Å². The number of aliphatic carboxylic acids is 1. The second-order valence-electron chi connectivity index (χ2n) is 10.3. The molecule has 1 aliphatic heterocycles. The van der Waals surface area contributed by atoms with E-state index in [2.05, 4.69) is 5.32 Å². The Balaban J connectivity index is 0.000000868. The lowest BCUT2D eigenvalue weighted by Gasteiger charge is -2.22. The molecule has 9 heteroatoms. The lowest BCUT2D eigenvalue weighted by molar-refractivity contribution is -0.134. The van der Waals surface area contributed by atoms with Crippen LogP contribution in [0.1, 0.15) is 35.2 Å². The number of aryl methyl sites for hydroxylation is 2. The third-order valence-electron chi connectivity index (χ3n) is 7.13. The first-order valence-electron chi connectivity index (χ1n) is 13.5. The Morgan fingerprint density at radius 1 is 0.930 bits per heavy atom. The molecule has 1 aromatic heterocycles. The summed E-state index contributed by atoms with van der Waals surface area (Å²) in [6, 6.07) is 20.4. The van der Waals surface area contributed by atoms with Crippen molar-refractivity contribution < 1.29 is 28.2 Å². The lowest BCUT2D eigenvalue weighted by Crippen LogP contribution is -2.38. The topological polar surface area (TPSA) is 97.6 Å². The first kappa shape index (κ1) is 29.2. The first-order valence-corrected chi connectivity index (χ1v) is 13.5. The van der Waals surface area contributed by atoms with Gasteiger partial charge in [0.1, 0.15) is 29.2 Å². The van der Waals surface area contributed by atoms with Crippen LogP contribution in [0.2, 0.25) is 0 Å². The van der Waals surface area contributed by atoms with E-state index in [1.54, 1.807) is 31.2 Å². The van der Waals surface area contributed by atoms with E-state index >= 15 is 8.78 Å². The zero-order chi connectivity index (χ0) is 30.8. The highest BCUT2D eigenvalue weighted by atomic mass is 19.1. The molecular formula is C34H28F2N2O5. The number of carbonyl (C=O) groups is 2.